The summed E-state index contributed by atoms with van der Waals surface area (Å²) in [5, 5.41) is 2.99. The molecule has 0 spiro atoms. The number of anilines is 1. The Hall–Kier alpha value is -2.80. The molecule has 1 amide bonds. The summed E-state index contributed by atoms with van der Waals surface area (Å²) in [6.07, 6.45) is 1.61. The molecule has 7 nitrogen and oxygen atoms in total. The topological polar surface area (TPSA) is 72.9 Å². The predicted octanol–water partition coefficient (Wildman–Crippen LogP) is 2.43. The molecule has 27 heavy (non-hydrogen) atoms. The summed E-state index contributed by atoms with van der Waals surface area (Å²) in [5.74, 6) is 2.08. The summed E-state index contributed by atoms with van der Waals surface area (Å²) in [5.41, 5.74) is 1.36. The van der Waals surface area contributed by atoms with E-state index in [1.807, 2.05) is 31.2 Å². The molecule has 1 aromatic heterocycles. The van der Waals surface area contributed by atoms with E-state index in [0.29, 0.717) is 30.3 Å². The fourth-order valence-corrected chi connectivity index (χ4v) is 3.04. The quantitative estimate of drug-likeness (QED) is 0.841. The molecule has 0 unspecified atom stereocenters. The number of ether oxygens (including phenoxy) is 3. The maximum atomic E-state index is 12.6. The molecule has 1 aromatic carbocycles. The maximum absolute atomic E-state index is 12.6. The molecule has 1 fully saturated rings. The van der Waals surface area contributed by atoms with Crippen molar-refractivity contribution in [3.05, 3.63) is 47.7 Å². The number of benzene rings is 1. The van der Waals surface area contributed by atoms with Gasteiger partial charge >= 0.3 is 0 Å². The van der Waals surface area contributed by atoms with E-state index in [9.17, 15) is 4.79 Å². The second kappa shape index (κ2) is 8.73. The molecule has 2 heterocycles. The lowest BCUT2D eigenvalue weighted by atomic mass is 10.1. The van der Waals surface area contributed by atoms with Gasteiger partial charge in [0.2, 0.25) is 0 Å². The van der Waals surface area contributed by atoms with Gasteiger partial charge in [0.25, 0.3) is 5.91 Å². The summed E-state index contributed by atoms with van der Waals surface area (Å²) in [6.45, 7) is 4.93. The second-order valence-electron chi connectivity index (χ2n) is 6.31. The molecule has 144 valence electrons. The van der Waals surface area contributed by atoms with Gasteiger partial charge in [0, 0.05) is 24.8 Å². The van der Waals surface area contributed by atoms with Crippen LogP contribution in [0.4, 0.5) is 5.82 Å². The fourth-order valence-electron chi connectivity index (χ4n) is 3.04. The van der Waals surface area contributed by atoms with Crippen LogP contribution in [0.15, 0.2) is 36.5 Å². The number of nitrogens with zero attached hydrogens (tertiary/aromatic N) is 2. The highest BCUT2D eigenvalue weighted by atomic mass is 16.5. The van der Waals surface area contributed by atoms with E-state index in [2.05, 4.69) is 15.2 Å². The maximum Gasteiger partial charge on any atom is 0.253 e. The SMILES string of the molecule is COc1ccc(OC)c([C@H](C)NC(=O)c2ccc(N3CCOCC3)nc2)c1. The van der Waals surface area contributed by atoms with E-state index in [1.165, 1.54) is 0 Å². The van der Waals surface area contributed by atoms with Gasteiger partial charge in [-0.2, -0.15) is 0 Å². The number of carbonyl (C=O) groups is 1. The molecule has 0 bridgehead atoms. The predicted molar refractivity (Wildman–Crippen MR) is 103 cm³/mol. The van der Waals surface area contributed by atoms with Crippen LogP contribution in [0, 0.1) is 0 Å². The molecule has 1 N–H and O–H groups in total. The summed E-state index contributed by atoms with van der Waals surface area (Å²) >= 11 is 0. The number of hydrogen-bond donors (Lipinski definition) is 1. The first kappa shape index (κ1) is 19.0. The third kappa shape index (κ3) is 4.49. The number of amides is 1. The third-order valence-electron chi connectivity index (χ3n) is 4.60. The Kier molecular flexibility index (Phi) is 6.13. The van der Waals surface area contributed by atoms with Gasteiger partial charge in [-0.3, -0.25) is 4.79 Å². The number of carbonyl (C=O) groups excluding carboxylic acids is 1. The first-order valence-electron chi connectivity index (χ1n) is 8.94. The average molecular weight is 371 g/mol. The van der Waals surface area contributed by atoms with E-state index < -0.39 is 0 Å². The minimum Gasteiger partial charge on any atom is -0.497 e. The summed E-state index contributed by atoms with van der Waals surface area (Å²) in [7, 11) is 3.21. The molecule has 7 heteroatoms. The Morgan fingerprint density at radius 1 is 1.19 bits per heavy atom. The highest BCUT2D eigenvalue weighted by Gasteiger charge is 2.17. The van der Waals surface area contributed by atoms with E-state index in [4.69, 9.17) is 14.2 Å². The second-order valence-corrected chi connectivity index (χ2v) is 6.31. The lowest BCUT2D eigenvalue weighted by Gasteiger charge is -2.27. The number of aromatic nitrogens is 1. The van der Waals surface area contributed by atoms with Crippen LogP contribution in [0.25, 0.3) is 0 Å². The van der Waals surface area contributed by atoms with Gasteiger partial charge < -0.3 is 24.4 Å². The number of rotatable bonds is 6. The van der Waals surface area contributed by atoms with Gasteiger partial charge in [-0.15, -0.1) is 0 Å². The Balaban J connectivity index is 1.69. The van der Waals surface area contributed by atoms with Gasteiger partial charge in [0.05, 0.1) is 39.0 Å². The largest absolute Gasteiger partial charge is 0.497 e. The number of hydrogen-bond acceptors (Lipinski definition) is 6. The van der Waals surface area contributed by atoms with Crippen molar-refractivity contribution >= 4 is 11.7 Å². The number of methoxy groups -OCH3 is 2. The average Bonchev–Trinajstić information content (AvgIpc) is 2.73. The lowest BCUT2D eigenvalue weighted by Crippen LogP contribution is -2.36. The van der Waals surface area contributed by atoms with Crippen LogP contribution < -0.4 is 19.7 Å². The number of morpholine rings is 1. The molecular formula is C20H25N3O4. The zero-order valence-electron chi connectivity index (χ0n) is 15.9. The first-order chi connectivity index (χ1) is 13.1. The normalized spacial score (nSPS) is 15.1. The first-order valence-corrected chi connectivity index (χ1v) is 8.94. The van der Waals surface area contributed by atoms with E-state index in [0.717, 1.165) is 24.5 Å². The Labute approximate surface area is 159 Å². The lowest BCUT2D eigenvalue weighted by molar-refractivity contribution is 0.0939. The zero-order valence-corrected chi connectivity index (χ0v) is 15.9. The molecule has 1 aliphatic rings. The van der Waals surface area contributed by atoms with Gasteiger partial charge in [-0.1, -0.05) is 0 Å². The van der Waals surface area contributed by atoms with Crippen LogP contribution in [0.3, 0.4) is 0 Å². The highest BCUT2D eigenvalue weighted by molar-refractivity contribution is 5.94. The molecule has 1 aliphatic heterocycles. The molecule has 1 atom stereocenters. The van der Waals surface area contributed by atoms with Crippen molar-refractivity contribution in [2.24, 2.45) is 0 Å². The minimum atomic E-state index is -0.249. The van der Waals surface area contributed by atoms with E-state index in [1.54, 1.807) is 26.5 Å². The minimum absolute atomic E-state index is 0.187. The standard InChI is InChI=1S/C20H25N3O4/c1-14(17-12-16(25-2)5-6-18(17)26-3)22-20(24)15-4-7-19(21-13-15)23-8-10-27-11-9-23/h4-7,12-14H,8-11H2,1-3H3,(H,22,24)/t14-/m0/s1. The van der Waals surface area contributed by atoms with Crippen LogP contribution in [0.2, 0.25) is 0 Å². The van der Waals surface area contributed by atoms with Crippen LogP contribution >= 0.6 is 0 Å². The van der Waals surface area contributed by atoms with Crippen molar-refractivity contribution in [1.82, 2.24) is 10.3 Å². The Bertz CT molecular complexity index is 773. The molecule has 0 radical (unpaired) electrons. The highest BCUT2D eigenvalue weighted by Crippen LogP contribution is 2.29. The number of pyridine rings is 1. The molecule has 0 aliphatic carbocycles. The fraction of sp³-hybridized carbons (Fsp3) is 0.400. The van der Waals surface area contributed by atoms with Gasteiger partial charge in [-0.25, -0.2) is 4.98 Å². The monoisotopic (exact) mass is 371 g/mol. The molecular weight excluding hydrogens is 346 g/mol. The van der Waals surface area contributed by atoms with Crippen molar-refractivity contribution in [2.75, 3.05) is 45.4 Å². The van der Waals surface area contributed by atoms with Crippen LogP contribution in [0.5, 0.6) is 11.5 Å². The van der Waals surface area contributed by atoms with Crippen LogP contribution in [-0.4, -0.2) is 51.4 Å². The van der Waals surface area contributed by atoms with Crippen molar-refractivity contribution < 1.29 is 19.0 Å². The van der Waals surface area contributed by atoms with Crippen molar-refractivity contribution in [2.45, 2.75) is 13.0 Å². The zero-order chi connectivity index (χ0) is 19.2. The molecule has 0 saturated carbocycles. The van der Waals surface area contributed by atoms with Crippen LogP contribution in [-0.2, 0) is 4.74 Å². The Morgan fingerprint density at radius 2 is 1.96 bits per heavy atom. The van der Waals surface area contributed by atoms with Gasteiger partial charge in [0.15, 0.2) is 0 Å². The smallest absolute Gasteiger partial charge is 0.253 e. The third-order valence-corrected chi connectivity index (χ3v) is 4.60. The molecule has 1 saturated heterocycles. The summed E-state index contributed by atoms with van der Waals surface area (Å²) < 4.78 is 16.0. The molecule has 3 rings (SSSR count). The van der Waals surface area contributed by atoms with Crippen molar-refractivity contribution in [3.8, 4) is 11.5 Å². The Morgan fingerprint density at radius 3 is 2.59 bits per heavy atom. The van der Waals surface area contributed by atoms with Gasteiger partial charge in [0.1, 0.15) is 17.3 Å². The summed E-state index contributed by atoms with van der Waals surface area (Å²) in [6, 6.07) is 8.94. The van der Waals surface area contributed by atoms with Crippen molar-refractivity contribution in [1.29, 1.82) is 0 Å². The van der Waals surface area contributed by atoms with E-state index >= 15 is 0 Å². The van der Waals surface area contributed by atoms with Gasteiger partial charge in [-0.05, 0) is 37.3 Å². The van der Waals surface area contributed by atoms with Crippen LogP contribution in [0.1, 0.15) is 28.9 Å². The summed E-state index contributed by atoms with van der Waals surface area (Å²) in [4.78, 5) is 19.2. The molecule has 2 aromatic rings. The van der Waals surface area contributed by atoms with Crippen molar-refractivity contribution in [3.63, 3.8) is 0 Å². The number of nitrogens with one attached hydrogen (secondary N) is 1. The van der Waals surface area contributed by atoms with E-state index in [-0.39, 0.29) is 11.9 Å².